The lowest BCUT2D eigenvalue weighted by Crippen LogP contribution is -2.60. The number of hydrogen-bond acceptors (Lipinski definition) is 9. The van der Waals surface area contributed by atoms with Crippen molar-refractivity contribution in [3.63, 3.8) is 0 Å². The number of fused-ring (bicyclic) bond motifs is 1. The molecule has 1 heterocycles. The number of nitrogens with one attached hydrogen (secondary N) is 3. The predicted octanol–water partition coefficient (Wildman–Crippen LogP) is 3.15. The average molecular weight is 724 g/mol. The summed E-state index contributed by atoms with van der Waals surface area (Å²) in [4.78, 5) is 95.3. The molecular formula is C35H38ClN5O10. The quantitative estimate of drug-likeness (QED) is 0.127. The average Bonchev–Trinajstić information content (AvgIpc) is 3.08. The molecule has 3 aromatic rings. The highest BCUT2D eigenvalue weighted by molar-refractivity contribution is 6.27. The Kier molecular flexibility index (Phi) is 14.6. The Balaban J connectivity index is 1.94. The largest absolute Gasteiger partial charge is 0.481 e. The van der Waals surface area contributed by atoms with Crippen molar-refractivity contribution in [1.29, 1.82) is 0 Å². The maximum absolute atomic E-state index is 14.3. The van der Waals surface area contributed by atoms with Gasteiger partial charge in [-0.1, -0.05) is 74.0 Å². The molecule has 4 amide bonds. The van der Waals surface area contributed by atoms with Gasteiger partial charge in [-0.15, -0.1) is 0 Å². The van der Waals surface area contributed by atoms with Gasteiger partial charge in [0.1, 0.15) is 36.6 Å². The van der Waals surface area contributed by atoms with Crippen LogP contribution >= 0.6 is 11.6 Å². The van der Waals surface area contributed by atoms with Crippen LogP contribution in [0.25, 0.3) is 10.9 Å². The second kappa shape index (κ2) is 18.8. The van der Waals surface area contributed by atoms with Crippen molar-refractivity contribution >= 4 is 69.9 Å². The smallest absolute Gasteiger partial charge is 0.408 e. The third kappa shape index (κ3) is 11.6. The van der Waals surface area contributed by atoms with Gasteiger partial charge in [-0.3, -0.25) is 33.7 Å². The number of rotatable bonds is 17. The summed E-state index contributed by atoms with van der Waals surface area (Å²) in [5.74, 6) is -7.10. The Morgan fingerprint density at radius 2 is 1.43 bits per heavy atom. The van der Waals surface area contributed by atoms with Gasteiger partial charge in [0.2, 0.25) is 11.8 Å². The number of para-hydroxylation sites is 1. The molecule has 51 heavy (non-hydrogen) atoms. The summed E-state index contributed by atoms with van der Waals surface area (Å²) in [5, 5.41) is 26.6. The van der Waals surface area contributed by atoms with Gasteiger partial charge in [0.05, 0.1) is 18.4 Å². The number of amides is 4. The normalized spacial score (nSPS) is 13.4. The van der Waals surface area contributed by atoms with Crippen LogP contribution < -0.4 is 20.9 Å². The zero-order valence-corrected chi connectivity index (χ0v) is 28.7. The molecule has 0 saturated carbocycles. The minimum Gasteiger partial charge on any atom is -0.481 e. The number of carbonyl (C=O) groups excluding carboxylic acids is 5. The van der Waals surface area contributed by atoms with Crippen LogP contribution in [0, 0.1) is 5.92 Å². The van der Waals surface area contributed by atoms with E-state index in [1.807, 2.05) is 0 Å². The second-order valence-corrected chi connectivity index (χ2v) is 12.0. The van der Waals surface area contributed by atoms with Crippen LogP contribution in [0.2, 0.25) is 0 Å². The lowest BCUT2D eigenvalue weighted by molar-refractivity contribution is -0.140. The van der Waals surface area contributed by atoms with E-state index >= 15 is 0 Å². The van der Waals surface area contributed by atoms with Crippen LogP contribution in [0.4, 0.5) is 10.6 Å². The molecule has 0 aliphatic carbocycles. The first-order valence-electron chi connectivity index (χ1n) is 15.7. The molecule has 1 aromatic heterocycles. The van der Waals surface area contributed by atoms with Gasteiger partial charge in [-0.25, -0.2) is 9.78 Å². The fraction of sp³-hybridized carbons (Fsp3) is 0.314. The zero-order chi connectivity index (χ0) is 37.7. The number of carbonyl (C=O) groups is 7. The number of halogens is 1. The van der Waals surface area contributed by atoms with Gasteiger partial charge in [0.25, 0.3) is 5.91 Å². The third-order valence-corrected chi connectivity index (χ3v) is 7.57. The van der Waals surface area contributed by atoms with Crippen molar-refractivity contribution in [2.45, 2.75) is 64.4 Å². The number of pyridine rings is 1. The summed E-state index contributed by atoms with van der Waals surface area (Å²) < 4.78 is 5.12. The molecule has 0 saturated heterocycles. The number of aliphatic carboxylic acids is 2. The molecule has 16 heteroatoms. The topological polar surface area (TPSA) is 221 Å². The predicted molar refractivity (Wildman–Crippen MR) is 185 cm³/mol. The van der Waals surface area contributed by atoms with Crippen LogP contribution in [0.15, 0.2) is 78.3 Å². The summed E-state index contributed by atoms with van der Waals surface area (Å²) in [6, 6.07) is 12.7. The lowest BCUT2D eigenvalue weighted by atomic mass is 9.98. The van der Waals surface area contributed by atoms with Gasteiger partial charge < -0.3 is 30.9 Å². The summed E-state index contributed by atoms with van der Waals surface area (Å²) >= 11 is 5.52. The van der Waals surface area contributed by atoms with Crippen LogP contribution in [0.3, 0.4) is 0 Å². The molecule has 0 radical (unpaired) electrons. The number of hydrogen-bond donors (Lipinski definition) is 5. The molecule has 5 N–H and O–H groups in total. The second-order valence-electron chi connectivity index (χ2n) is 11.7. The van der Waals surface area contributed by atoms with Gasteiger partial charge in [0.15, 0.2) is 5.78 Å². The first kappa shape index (κ1) is 39.6. The van der Waals surface area contributed by atoms with E-state index < -0.39 is 84.5 Å². The van der Waals surface area contributed by atoms with Crippen LogP contribution in [0.5, 0.6) is 0 Å². The van der Waals surface area contributed by atoms with Gasteiger partial charge in [-0.05, 0) is 42.7 Å². The maximum atomic E-state index is 14.3. The van der Waals surface area contributed by atoms with Crippen LogP contribution in [-0.2, 0) is 40.1 Å². The van der Waals surface area contributed by atoms with E-state index in [0.717, 1.165) is 16.5 Å². The molecule has 270 valence electrons. The molecule has 3 rings (SSSR count). The van der Waals surface area contributed by atoms with E-state index in [1.54, 1.807) is 74.5 Å². The number of carboxylic acid groups (broad SMARTS) is 2. The third-order valence-electron chi connectivity index (χ3n) is 7.44. The number of nitrogens with zero attached hydrogens (tertiary/aromatic N) is 2. The standard InChI is InChI=1S/C35H38ClN5O10/c1-20(2)31(33(48)39-25(17-29(43)44)27(42)15-16-36)41(28-14-13-23-11-7-8-12-24(23)38-28)34(49)21(3)37-32(47)26(18-30(45)46)40-35(50)51-19-22-9-5-4-6-10-22/h4-16,20-21,25-26,31H,17-19H2,1-3H3,(H,37,47)(H,39,48)(H,40,50)(H,43,44)(H,45,46)/t21-,25-,26-,31-/m0/s1. The molecule has 0 fully saturated rings. The lowest BCUT2D eigenvalue weighted by Gasteiger charge is -2.35. The Morgan fingerprint density at radius 1 is 0.804 bits per heavy atom. The van der Waals surface area contributed by atoms with E-state index in [9.17, 15) is 43.8 Å². The van der Waals surface area contributed by atoms with E-state index in [1.165, 1.54) is 13.0 Å². The molecule has 0 aliphatic heterocycles. The number of carboxylic acids is 2. The maximum Gasteiger partial charge on any atom is 0.408 e. The number of aromatic nitrogens is 1. The van der Waals surface area contributed by atoms with Crippen molar-refractivity contribution in [2.24, 2.45) is 5.92 Å². The summed E-state index contributed by atoms with van der Waals surface area (Å²) in [6.07, 6.45) is -1.82. The fourth-order valence-corrected chi connectivity index (χ4v) is 5.13. The molecule has 0 spiro atoms. The molecule has 0 aliphatic rings. The summed E-state index contributed by atoms with van der Waals surface area (Å²) in [5.41, 5.74) is 1.97. The summed E-state index contributed by atoms with van der Waals surface area (Å²) in [7, 11) is 0. The highest BCUT2D eigenvalue weighted by Crippen LogP contribution is 2.24. The Labute approximate surface area is 298 Å². The van der Waals surface area contributed by atoms with E-state index in [-0.39, 0.29) is 12.4 Å². The number of alkyl carbamates (subject to hydrolysis) is 1. The van der Waals surface area contributed by atoms with Crippen molar-refractivity contribution in [3.05, 3.63) is 83.9 Å². The van der Waals surface area contributed by atoms with Gasteiger partial charge >= 0.3 is 18.0 Å². The molecule has 2 aromatic carbocycles. The number of anilines is 1. The minimum absolute atomic E-state index is 0.0138. The number of ketones is 1. The molecule has 0 bridgehead atoms. The van der Waals surface area contributed by atoms with Crippen molar-refractivity contribution < 1.29 is 48.5 Å². The van der Waals surface area contributed by atoms with Crippen molar-refractivity contribution in [2.75, 3.05) is 4.90 Å². The van der Waals surface area contributed by atoms with Crippen LogP contribution in [-0.4, -0.2) is 80.9 Å². The highest BCUT2D eigenvalue weighted by atomic mass is 35.5. The number of benzene rings is 2. The van der Waals surface area contributed by atoms with E-state index in [4.69, 9.17) is 16.3 Å². The Hall–Kier alpha value is -5.83. The molecule has 0 unspecified atom stereocenters. The van der Waals surface area contributed by atoms with Gasteiger partial charge in [-0.2, -0.15) is 0 Å². The molecule has 15 nitrogen and oxygen atoms in total. The first-order chi connectivity index (χ1) is 24.2. The Morgan fingerprint density at radius 3 is 2.06 bits per heavy atom. The van der Waals surface area contributed by atoms with E-state index in [0.29, 0.717) is 16.5 Å². The zero-order valence-electron chi connectivity index (χ0n) is 27.9. The summed E-state index contributed by atoms with van der Waals surface area (Å²) in [6.45, 7) is 4.35. The molecular weight excluding hydrogens is 686 g/mol. The Bertz CT molecular complexity index is 1780. The number of ether oxygens (including phenoxy) is 1. The van der Waals surface area contributed by atoms with Gasteiger partial charge in [0, 0.05) is 10.9 Å². The van der Waals surface area contributed by atoms with Crippen molar-refractivity contribution in [3.8, 4) is 0 Å². The molecule has 4 atom stereocenters. The fourth-order valence-electron chi connectivity index (χ4n) is 5.01. The SMILES string of the molecule is CC(C)[C@@H](C(=O)N[C@@H](CC(=O)O)C(=O)C=CCl)N(C(=O)[C@H](C)NC(=O)[C@H](CC(=O)O)NC(=O)OCc1ccccc1)c1ccc2ccccc2n1. The van der Waals surface area contributed by atoms with E-state index in [2.05, 4.69) is 20.9 Å². The minimum atomic E-state index is -1.66. The van der Waals surface area contributed by atoms with Crippen LogP contribution in [0.1, 0.15) is 39.2 Å². The highest BCUT2D eigenvalue weighted by Gasteiger charge is 2.39. The monoisotopic (exact) mass is 723 g/mol. The first-order valence-corrected chi connectivity index (χ1v) is 16.2. The van der Waals surface area contributed by atoms with Crippen molar-refractivity contribution in [1.82, 2.24) is 20.9 Å².